The first-order valence-electron chi connectivity index (χ1n) is 8.83. The Morgan fingerprint density at radius 2 is 1.62 bits per heavy atom. The molecule has 0 aliphatic rings. The molecule has 0 aromatic heterocycles. The first-order valence-corrected chi connectivity index (χ1v) is 8.83. The summed E-state index contributed by atoms with van der Waals surface area (Å²) in [5.74, 6) is -2.40. The van der Waals surface area contributed by atoms with Crippen molar-refractivity contribution in [1.82, 2.24) is 10.6 Å². The van der Waals surface area contributed by atoms with Gasteiger partial charge in [-0.05, 0) is 17.4 Å². The molecule has 5 N–H and O–H groups in total. The minimum atomic E-state index is -1.19. The highest BCUT2D eigenvalue weighted by Gasteiger charge is 2.31. The van der Waals surface area contributed by atoms with Gasteiger partial charge in [0.25, 0.3) is 0 Å². The maximum atomic E-state index is 12.6. The van der Waals surface area contributed by atoms with Crippen molar-refractivity contribution in [2.75, 3.05) is 0 Å². The molecule has 0 heterocycles. The Kier molecular flexibility index (Phi) is 8.25. The summed E-state index contributed by atoms with van der Waals surface area (Å²) < 4.78 is 0. The van der Waals surface area contributed by atoms with Crippen molar-refractivity contribution >= 4 is 17.8 Å². The smallest absolute Gasteiger partial charge is 0.330 e. The Labute approximate surface area is 154 Å². The Hall–Kier alpha value is -2.41. The topological polar surface area (TPSA) is 122 Å². The molecular formula is C19H29N3O4. The molecule has 1 rings (SSSR count). The number of carbonyl (C=O) groups is 3. The third kappa shape index (κ3) is 5.84. The van der Waals surface area contributed by atoms with Gasteiger partial charge in [-0.15, -0.1) is 0 Å². The number of aliphatic carboxylic acids is 1. The van der Waals surface area contributed by atoms with E-state index in [0.717, 1.165) is 6.42 Å². The monoisotopic (exact) mass is 363 g/mol. The van der Waals surface area contributed by atoms with Crippen LogP contribution in [-0.4, -0.2) is 35.0 Å². The second kappa shape index (κ2) is 9.91. The summed E-state index contributed by atoms with van der Waals surface area (Å²) in [6.45, 7) is 7.35. The fourth-order valence-electron chi connectivity index (χ4n) is 2.46. The number of carboxylic acids is 1. The molecule has 0 saturated heterocycles. The number of carbonyl (C=O) groups excluding carboxylic acids is 2. The molecule has 1 aromatic rings. The quantitative estimate of drug-likeness (QED) is 0.529. The van der Waals surface area contributed by atoms with E-state index in [2.05, 4.69) is 10.6 Å². The van der Waals surface area contributed by atoms with Gasteiger partial charge >= 0.3 is 5.97 Å². The van der Waals surface area contributed by atoms with Crippen LogP contribution in [0.15, 0.2) is 30.3 Å². The molecule has 26 heavy (non-hydrogen) atoms. The van der Waals surface area contributed by atoms with Crippen LogP contribution >= 0.6 is 0 Å². The van der Waals surface area contributed by atoms with Gasteiger partial charge in [0.2, 0.25) is 11.8 Å². The Morgan fingerprint density at radius 3 is 2.08 bits per heavy atom. The molecule has 7 nitrogen and oxygen atoms in total. The van der Waals surface area contributed by atoms with Crippen LogP contribution in [0.3, 0.4) is 0 Å². The highest BCUT2D eigenvalue weighted by molar-refractivity contribution is 5.92. The first-order chi connectivity index (χ1) is 12.2. The summed E-state index contributed by atoms with van der Waals surface area (Å²) in [6.07, 6.45) is 0.738. The van der Waals surface area contributed by atoms with Gasteiger partial charge in [0.05, 0.1) is 6.04 Å². The van der Waals surface area contributed by atoms with Crippen LogP contribution in [0.5, 0.6) is 0 Å². The SMILES string of the molecule is CC[C@H](C)[C@H](N)C(=O)N[C@@H](C(=O)N[C@H](C(=O)O)c1ccccc1)C(C)C. The summed E-state index contributed by atoms with van der Waals surface area (Å²) in [4.78, 5) is 36.5. The molecule has 0 unspecified atom stereocenters. The van der Waals surface area contributed by atoms with E-state index < -0.39 is 35.9 Å². The number of hydrogen-bond acceptors (Lipinski definition) is 4. The average Bonchev–Trinajstić information content (AvgIpc) is 2.62. The van der Waals surface area contributed by atoms with Crippen LogP contribution in [0.2, 0.25) is 0 Å². The first kappa shape index (κ1) is 21.6. The van der Waals surface area contributed by atoms with Gasteiger partial charge in [-0.1, -0.05) is 64.4 Å². The van der Waals surface area contributed by atoms with Crippen LogP contribution in [0.4, 0.5) is 0 Å². The molecule has 0 aliphatic heterocycles. The standard InChI is InChI=1S/C19H29N3O4/c1-5-12(4)14(20)17(23)21-15(11(2)3)18(24)22-16(19(25)26)13-9-7-6-8-10-13/h6-12,14-16H,5,20H2,1-4H3,(H,21,23)(H,22,24)(H,25,26)/t12-,14-,15+,16-/m0/s1. The molecule has 1 aromatic carbocycles. The third-order valence-corrected chi connectivity index (χ3v) is 4.47. The number of hydrogen-bond donors (Lipinski definition) is 4. The van der Waals surface area contributed by atoms with Crippen LogP contribution in [0.25, 0.3) is 0 Å². The van der Waals surface area contributed by atoms with Crippen molar-refractivity contribution in [3.05, 3.63) is 35.9 Å². The zero-order chi connectivity index (χ0) is 19.9. The minimum Gasteiger partial charge on any atom is -0.479 e. The number of nitrogens with two attached hydrogens (primary N) is 1. The second-order valence-electron chi connectivity index (χ2n) is 6.83. The summed E-state index contributed by atoms with van der Waals surface area (Å²) in [7, 11) is 0. The summed E-state index contributed by atoms with van der Waals surface area (Å²) in [6, 6.07) is 5.63. The zero-order valence-electron chi connectivity index (χ0n) is 15.7. The average molecular weight is 363 g/mol. The van der Waals surface area contributed by atoms with Crippen molar-refractivity contribution in [2.45, 2.75) is 52.2 Å². The predicted octanol–water partition coefficient (Wildman–Crippen LogP) is 1.44. The van der Waals surface area contributed by atoms with Gasteiger partial charge in [-0.2, -0.15) is 0 Å². The van der Waals surface area contributed by atoms with Crippen molar-refractivity contribution in [1.29, 1.82) is 0 Å². The van der Waals surface area contributed by atoms with Crippen LogP contribution < -0.4 is 16.4 Å². The molecule has 2 amide bonds. The van der Waals surface area contributed by atoms with Crippen LogP contribution in [0, 0.1) is 11.8 Å². The molecule has 0 bridgehead atoms. The zero-order valence-corrected chi connectivity index (χ0v) is 15.7. The largest absolute Gasteiger partial charge is 0.479 e. The molecule has 144 valence electrons. The third-order valence-electron chi connectivity index (χ3n) is 4.47. The van der Waals surface area contributed by atoms with E-state index >= 15 is 0 Å². The van der Waals surface area contributed by atoms with Crippen molar-refractivity contribution < 1.29 is 19.5 Å². The van der Waals surface area contributed by atoms with Crippen molar-refractivity contribution in [3.63, 3.8) is 0 Å². The lowest BCUT2D eigenvalue weighted by Gasteiger charge is -2.26. The van der Waals surface area contributed by atoms with E-state index in [1.165, 1.54) is 0 Å². The molecule has 0 spiro atoms. The number of nitrogens with one attached hydrogen (secondary N) is 2. The Morgan fingerprint density at radius 1 is 1.04 bits per heavy atom. The minimum absolute atomic E-state index is 0.0260. The van der Waals surface area contributed by atoms with Crippen LogP contribution in [0.1, 0.15) is 45.7 Å². The molecular weight excluding hydrogens is 334 g/mol. The molecule has 0 radical (unpaired) electrons. The molecule has 7 heteroatoms. The van der Waals surface area contributed by atoms with E-state index in [1.807, 2.05) is 13.8 Å². The fourth-order valence-corrected chi connectivity index (χ4v) is 2.46. The van der Waals surface area contributed by atoms with Gasteiger partial charge in [-0.3, -0.25) is 9.59 Å². The summed E-state index contributed by atoms with van der Waals surface area (Å²) in [5, 5.41) is 14.6. The maximum absolute atomic E-state index is 12.6. The van der Waals surface area contributed by atoms with Gasteiger partial charge in [0.1, 0.15) is 6.04 Å². The van der Waals surface area contributed by atoms with Crippen molar-refractivity contribution in [3.8, 4) is 0 Å². The van der Waals surface area contributed by atoms with Crippen LogP contribution in [-0.2, 0) is 14.4 Å². The predicted molar refractivity (Wildman–Crippen MR) is 99.2 cm³/mol. The van der Waals surface area contributed by atoms with E-state index in [9.17, 15) is 19.5 Å². The number of carboxylic acid groups (broad SMARTS) is 1. The van der Waals surface area contributed by atoms with Gasteiger partial charge in [-0.25, -0.2) is 4.79 Å². The molecule has 0 saturated carbocycles. The van der Waals surface area contributed by atoms with E-state index in [4.69, 9.17) is 5.73 Å². The molecule has 0 fully saturated rings. The Balaban J connectivity index is 2.90. The van der Waals surface area contributed by atoms with E-state index in [-0.39, 0.29) is 11.8 Å². The van der Waals surface area contributed by atoms with Gasteiger partial charge < -0.3 is 21.5 Å². The normalized spacial score (nSPS) is 15.6. The fraction of sp³-hybridized carbons (Fsp3) is 0.526. The van der Waals surface area contributed by atoms with E-state index in [0.29, 0.717) is 5.56 Å². The lowest BCUT2D eigenvalue weighted by Crippen LogP contribution is -2.55. The Bertz CT molecular complexity index is 618. The lowest BCUT2D eigenvalue weighted by atomic mass is 9.97. The van der Waals surface area contributed by atoms with Crippen molar-refractivity contribution in [2.24, 2.45) is 17.6 Å². The van der Waals surface area contributed by atoms with Gasteiger partial charge in [0.15, 0.2) is 6.04 Å². The number of benzene rings is 1. The lowest BCUT2D eigenvalue weighted by molar-refractivity contribution is -0.142. The summed E-state index contributed by atoms with van der Waals surface area (Å²) in [5.41, 5.74) is 6.38. The molecule has 0 aliphatic carbocycles. The molecule has 4 atom stereocenters. The highest BCUT2D eigenvalue weighted by atomic mass is 16.4. The highest BCUT2D eigenvalue weighted by Crippen LogP contribution is 2.14. The van der Waals surface area contributed by atoms with Gasteiger partial charge in [0, 0.05) is 0 Å². The summed E-state index contributed by atoms with van der Waals surface area (Å²) >= 11 is 0. The number of amides is 2. The second-order valence-corrected chi connectivity index (χ2v) is 6.83. The van der Waals surface area contributed by atoms with E-state index in [1.54, 1.807) is 44.2 Å². The maximum Gasteiger partial charge on any atom is 0.330 e. The number of rotatable bonds is 9.